The first-order valence-corrected chi connectivity index (χ1v) is 6.80. The first kappa shape index (κ1) is 14.6. The van der Waals surface area contributed by atoms with Gasteiger partial charge in [0.05, 0.1) is 13.2 Å². The van der Waals surface area contributed by atoms with E-state index in [0.29, 0.717) is 19.3 Å². The van der Waals surface area contributed by atoms with Gasteiger partial charge in [-0.15, -0.1) is 11.3 Å². The van der Waals surface area contributed by atoms with Gasteiger partial charge in [-0.1, -0.05) is 6.07 Å². The van der Waals surface area contributed by atoms with Gasteiger partial charge in [0.25, 0.3) is 0 Å². The van der Waals surface area contributed by atoms with E-state index < -0.39 is 0 Å². The van der Waals surface area contributed by atoms with E-state index in [2.05, 4.69) is 22.9 Å². The maximum atomic E-state index is 5.53. The zero-order valence-corrected chi connectivity index (χ0v) is 11.2. The molecule has 4 nitrogen and oxygen atoms in total. The molecule has 1 unspecified atom stereocenters. The van der Waals surface area contributed by atoms with Gasteiger partial charge in [-0.3, -0.25) is 11.3 Å². The number of nitrogens with one attached hydrogen (secondary N) is 1. The van der Waals surface area contributed by atoms with Crippen LogP contribution in [0.2, 0.25) is 0 Å². The smallest absolute Gasteiger partial charge is 0.0700 e. The molecule has 0 bridgehead atoms. The van der Waals surface area contributed by atoms with Crippen LogP contribution in [0.5, 0.6) is 0 Å². The number of nitrogens with two attached hydrogens (primary N) is 1. The fourth-order valence-electron chi connectivity index (χ4n) is 1.55. The molecule has 1 heterocycles. The van der Waals surface area contributed by atoms with E-state index >= 15 is 0 Å². The summed E-state index contributed by atoms with van der Waals surface area (Å²) in [5.74, 6) is 5.53. The quantitative estimate of drug-likeness (QED) is 0.380. The Kier molecular flexibility index (Phi) is 8.21. The lowest BCUT2D eigenvalue weighted by Crippen LogP contribution is -2.36. The summed E-state index contributed by atoms with van der Waals surface area (Å²) in [4.78, 5) is 1.41. The molecule has 0 spiro atoms. The Bertz CT molecular complexity index is 267. The van der Waals surface area contributed by atoms with E-state index in [0.717, 1.165) is 25.9 Å². The molecule has 3 N–H and O–H groups in total. The van der Waals surface area contributed by atoms with Crippen LogP contribution in [0.3, 0.4) is 0 Å². The lowest BCUT2D eigenvalue weighted by atomic mass is 10.1. The van der Waals surface area contributed by atoms with Gasteiger partial charge < -0.3 is 9.47 Å². The number of ether oxygens (including phenoxy) is 2. The van der Waals surface area contributed by atoms with Crippen LogP contribution in [-0.4, -0.2) is 33.0 Å². The zero-order chi connectivity index (χ0) is 12.3. The molecule has 0 aliphatic rings. The highest BCUT2D eigenvalue weighted by Crippen LogP contribution is 2.12. The van der Waals surface area contributed by atoms with Crippen molar-refractivity contribution in [1.82, 2.24) is 5.43 Å². The van der Waals surface area contributed by atoms with Gasteiger partial charge in [-0.2, -0.15) is 0 Å². The Labute approximate surface area is 107 Å². The van der Waals surface area contributed by atoms with E-state index in [1.165, 1.54) is 4.88 Å². The van der Waals surface area contributed by atoms with Crippen LogP contribution in [0.15, 0.2) is 17.5 Å². The fraction of sp³-hybridized carbons (Fsp3) is 0.667. The molecule has 0 saturated carbocycles. The number of hydrazine groups is 1. The van der Waals surface area contributed by atoms with Gasteiger partial charge >= 0.3 is 0 Å². The van der Waals surface area contributed by atoms with Crippen molar-refractivity contribution in [1.29, 1.82) is 0 Å². The number of methoxy groups -OCH3 is 1. The Balaban J connectivity index is 2.07. The minimum absolute atomic E-state index is 0.319. The number of aryl methyl sites for hydroxylation is 1. The minimum Gasteiger partial charge on any atom is -0.382 e. The normalized spacial score (nSPS) is 12.8. The highest BCUT2D eigenvalue weighted by Gasteiger charge is 2.07. The monoisotopic (exact) mass is 258 g/mol. The van der Waals surface area contributed by atoms with Crippen molar-refractivity contribution in [2.45, 2.75) is 25.3 Å². The average Bonchev–Trinajstić information content (AvgIpc) is 2.86. The summed E-state index contributed by atoms with van der Waals surface area (Å²) in [6.45, 7) is 2.03. The van der Waals surface area contributed by atoms with Crippen LogP contribution in [-0.2, 0) is 15.9 Å². The molecule has 5 heteroatoms. The third-order valence-electron chi connectivity index (χ3n) is 2.60. The van der Waals surface area contributed by atoms with E-state index in [-0.39, 0.29) is 0 Å². The highest BCUT2D eigenvalue weighted by molar-refractivity contribution is 7.09. The first-order chi connectivity index (χ1) is 8.36. The van der Waals surface area contributed by atoms with Crippen LogP contribution >= 0.6 is 11.3 Å². The van der Waals surface area contributed by atoms with Gasteiger partial charge in [0, 0.05) is 24.6 Å². The minimum atomic E-state index is 0.319. The maximum absolute atomic E-state index is 5.53. The van der Waals surface area contributed by atoms with Crippen molar-refractivity contribution in [3.63, 3.8) is 0 Å². The van der Waals surface area contributed by atoms with Crippen molar-refractivity contribution in [3.8, 4) is 0 Å². The van der Waals surface area contributed by atoms with Crippen LogP contribution in [0.1, 0.15) is 17.7 Å². The van der Waals surface area contributed by atoms with Crippen LogP contribution < -0.4 is 11.3 Å². The summed E-state index contributed by atoms with van der Waals surface area (Å²) < 4.78 is 10.3. The molecule has 0 aliphatic carbocycles. The summed E-state index contributed by atoms with van der Waals surface area (Å²) in [5, 5.41) is 2.11. The predicted molar refractivity (Wildman–Crippen MR) is 71.1 cm³/mol. The Morgan fingerprint density at radius 1 is 1.35 bits per heavy atom. The Hall–Kier alpha value is -0.460. The number of rotatable bonds is 10. The number of hydrogen-bond donors (Lipinski definition) is 2. The summed E-state index contributed by atoms with van der Waals surface area (Å²) in [6, 6.07) is 4.56. The van der Waals surface area contributed by atoms with E-state index in [1.54, 1.807) is 18.4 Å². The van der Waals surface area contributed by atoms with E-state index in [4.69, 9.17) is 15.3 Å². The summed E-state index contributed by atoms with van der Waals surface area (Å²) in [6.07, 6.45) is 3.06. The largest absolute Gasteiger partial charge is 0.382 e. The van der Waals surface area contributed by atoms with Crippen molar-refractivity contribution in [2.75, 3.05) is 26.9 Å². The van der Waals surface area contributed by atoms with Crippen LogP contribution in [0.25, 0.3) is 0 Å². The predicted octanol–water partition coefficient (Wildman–Crippen LogP) is 1.57. The SMILES string of the molecule is COCCOCCC(CCc1cccs1)NN. The third kappa shape index (κ3) is 6.75. The van der Waals surface area contributed by atoms with Crippen molar-refractivity contribution >= 4 is 11.3 Å². The Morgan fingerprint density at radius 2 is 2.24 bits per heavy atom. The molecular weight excluding hydrogens is 236 g/mol. The van der Waals surface area contributed by atoms with Gasteiger partial charge in [-0.25, -0.2) is 0 Å². The lowest BCUT2D eigenvalue weighted by Gasteiger charge is -2.15. The summed E-state index contributed by atoms with van der Waals surface area (Å²) in [7, 11) is 1.68. The average molecular weight is 258 g/mol. The highest BCUT2D eigenvalue weighted by atomic mass is 32.1. The van der Waals surface area contributed by atoms with Crippen molar-refractivity contribution < 1.29 is 9.47 Å². The van der Waals surface area contributed by atoms with Crippen LogP contribution in [0.4, 0.5) is 0 Å². The van der Waals surface area contributed by atoms with Gasteiger partial charge in [0.1, 0.15) is 0 Å². The summed E-state index contributed by atoms with van der Waals surface area (Å²) >= 11 is 1.79. The molecule has 1 aromatic heterocycles. The van der Waals surface area contributed by atoms with Gasteiger partial charge in [-0.05, 0) is 30.7 Å². The first-order valence-electron chi connectivity index (χ1n) is 5.92. The zero-order valence-electron chi connectivity index (χ0n) is 10.4. The van der Waals surface area contributed by atoms with Crippen LogP contribution in [0, 0.1) is 0 Å². The molecule has 0 fully saturated rings. The number of hydrogen-bond acceptors (Lipinski definition) is 5. The Morgan fingerprint density at radius 3 is 2.88 bits per heavy atom. The molecular formula is C12H22N2O2S. The van der Waals surface area contributed by atoms with Crippen molar-refractivity contribution in [3.05, 3.63) is 22.4 Å². The molecule has 1 aromatic rings. The number of thiophene rings is 1. The van der Waals surface area contributed by atoms with E-state index in [1.807, 2.05) is 0 Å². The molecule has 98 valence electrons. The molecule has 17 heavy (non-hydrogen) atoms. The molecule has 0 saturated heterocycles. The fourth-order valence-corrected chi connectivity index (χ4v) is 2.28. The molecule has 0 aliphatic heterocycles. The maximum Gasteiger partial charge on any atom is 0.0700 e. The second-order valence-corrected chi connectivity index (χ2v) is 4.91. The van der Waals surface area contributed by atoms with E-state index in [9.17, 15) is 0 Å². The molecule has 0 amide bonds. The van der Waals surface area contributed by atoms with Gasteiger partial charge in [0.15, 0.2) is 0 Å². The van der Waals surface area contributed by atoms with Crippen molar-refractivity contribution in [2.24, 2.45) is 5.84 Å². The summed E-state index contributed by atoms with van der Waals surface area (Å²) in [5.41, 5.74) is 2.85. The second-order valence-electron chi connectivity index (χ2n) is 3.88. The molecule has 1 atom stereocenters. The topological polar surface area (TPSA) is 56.5 Å². The van der Waals surface area contributed by atoms with Gasteiger partial charge in [0.2, 0.25) is 0 Å². The molecule has 0 radical (unpaired) electrons. The second kappa shape index (κ2) is 9.56. The lowest BCUT2D eigenvalue weighted by molar-refractivity contribution is 0.0654. The standard InChI is InChI=1S/C12H22N2O2S/c1-15-8-9-16-7-6-11(14-13)4-5-12-3-2-10-17-12/h2-3,10-11,14H,4-9,13H2,1H3. The third-order valence-corrected chi connectivity index (χ3v) is 3.53. The molecule has 1 rings (SSSR count). The molecule has 0 aromatic carbocycles.